The van der Waals surface area contributed by atoms with Crippen molar-refractivity contribution in [2.45, 2.75) is 226 Å². The molecule has 1 N–H and O–H groups in total. The zero-order valence-electron chi connectivity index (χ0n) is 32.2. The van der Waals surface area contributed by atoms with Crippen LogP contribution in [-0.2, 0) is 19.1 Å². The van der Waals surface area contributed by atoms with Gasteiger partial charge in [0.2, 0.25) is 0 Å². The molecule has 0 fully saturated rings. The summed E-state index contributed by atoms with van der Waals surface area (Å²) in [6.45, 7) is 10.1. The second-order valence-electron chi connectivity index (χ2n) is 14.4. The third-order valence-electron chi connectivity index (χ3n) is 9.63. The lowest BCUT2D eigenvalue weighted by atomic mass is 9.94. The van der Waals surface area contributed by atoms with Crippen molar-refractivity contribution in [1.82, 2.24) is 5.32 Å². The van der Waals surface area contributed by atoms with E-state index in [1.54, 1.807) is 0 Å². The van der Waals surface area contributed by atoms with Gasteiger partial charge in [-0.1, -0.05) is 168 Å². The molecule has 0 aliphatic carbocycles. The van der Waals surface area contributed by atoms with Crippen molar-refractivity contribution < 1.29 is 19.1 Å². The van der Waals surface area contributed by atoms with Crippen LogP contribution in [0.5, 0.6) is 0 Å². The highest BCUT2D eigenvalue weighted by Crippen LogP contribution is 2.21. The molecular formula is C42H83NO4. The van der Waals surface area contributed by atoms with Crippen molar-refractivity contribution in [2.75, 3.05) is 26.3 Å². The van der Waals surface area contributed by atoms with E-state index in [2.05, 4.69) is 26.1 Å². The van der Waals surface area contributed by atoms with Crippen LogP contribution in [0.4, 0.5) is 0 Å². The van der Waals surface area contributed by atoms with Crippen LogP contribution in [0.1, 0.15) is 226 Å². The molecule has 5 heteroatoms. The van der Waals surface area contributed by atoms with Crippen LogP contribution >= 0.6 is 0 Å². The van der Waals surface area contributed by atoms with Crippen molar-refractivity contribution in [1.29, 1.82) is 0 Å². The molecule has 0 aromatic carbocycles. The summed E-state index contributed by atoms with van der Waals surface area (Å²) >= 11 is 0. The molecule has 280 valence electrons. The minimum absolute atomic E-state index is 0.0135. The van der Waals surface area contributed by atoms with Gasteiger partial charge in [-0.25, -0.2) is 0 Å². The lowest BCUT2D eigenvalue weighted by Crippen LogP contribution is -2.19. The van der Waals surface area contributed by atoms with Crippen LogP contribution in [-0.4, -0.2) is 38.2 Å². The van der Waals surface area contributed by atoms with Gasteiger partial charge < -0.3 is 14.8 Å². The second-order valence-corrected chi connectivity index (χ2v) is 14.4. The largest absolute Gasteiger partial charge is 0.466 e. The Morgan fingerprint density at radius 1 is 0.426 bits per heavy atom. The van der Waals surface area contributed by atoms with E-state index in [4.69, 9.17) is 9.47 Å². The molecule has 47 heavy (non-hydrogen) atoms. The van der Waals surface area contributed by atoms with Crippen molar-refractivity contribution in [3.05, 3.63) is 0 Å². The van der Waals surface area contributed by atoms with Crippen molar-refractivity contribution in [3.8, 4) is 0 Å². The van der Waals surface area contributed by atoms with Crippen LogP contribution < -0.4 is 5.32 Å². The first kappa shape index (κ1) is 45.9. The van der Waals surface area contributed by atoms with E-state index in [0.717, 1.165) is 70.9 Å². The van der Waals surface area contributed by atoms with Gasteiger partial charge in [-0.15, -0.1) is 0 Å². The van der Waals surface area contributed by atoms with E-state index in [1.807, 2.05) is 0 Å². The van der Waals surface area contributed by atoms with Gasteiger partial charge in [0.25, 0.3) is 0 Å². The SMILES string of the molecule is CCCCCCCCCCCC(=O)OCCCCCNCCCCCCCOC(=O)C(CCCCCCCC)CCCCCCCC. The molecule has 0 heterocycles. The van der Waals surface area contributed by atoms with Crippen LogP contribution in [0.2, 0.25) is 0 Å². The normalized spacial score (nSPS) is 11.4. The topological polar surface area (TPSA) is 64.6 Å². The number of carbonyl (C=O) groups excluding carboxylic acids is 2. The fourth-order valence-corrected chi connectivity index (χ4v) is 6.39. The Morgan fingerprint density at radius 3 is 1.28 bits per heavy atom. The molecule has 0 rings (SSSR count). The number of hydrogen-bond donors (Lipinski definition) is 1. The van der Waals surface area contributed by atoms with Gasteiger partial charge in [0.15, 0.2) is 0 Å². The van der Waals surface area contributed by atoms with E-state index < -0.39 is 0 Å². The first-order valence-electron chi connectivity index (χ1n) is 21.2. The van der Waals surface area contributed by atoms with Gasteiger partial charge in [-0.3, -0.25) is 9.59 Å². The van der Waals surface area contributed by atoms with Crippen molar-refractivity contribution >= 4 is 11.9 Å². The van der Waals surface area contributed by atoms with Crippen LogP contribution in [0.25, 0.3) is 0 Å². The molecule has 0 saturated carbocycles. The monoisotopic (exact) mass is 666 g/mol. The maximum absolute atomic E-state index is 12.9. The maximum atomic E-state index is 12.9. The molecule has 5 nitrogen and oxygen atoms in total. The number of ether oxygens (including phenoxy) is 2. The molecule has 0 unspecified atom stereocenters. The molecule has 0 bridgehead atoms. The highest BCUT2D eigenvalue weighted by Gasteiger charge is 2.19. The number of unbranched alkanes of at least 4 members (excludes halogenated alkanes) is 24. The predicted octanol–water partition coefficient (Wildman–Crippen LogP) is 12.8. The fraction of sp³-hybridized carbons (Fsp3) is 0.952. The van der Waals surface area contributed by atoms with E-state index in [0.29, 0.717) is 19.6 Å². The van der Waals surface area contributed by atoms with Gasteiger partial charge in [0, 0.05) is 6.42 Å². The zero-order valence-corrected chi connectivity index (χ0v) is 32.2. The summed E-state index contributed by atoms with van der Waals surface area (Å²) in [5.74, 6) is 0.173. The van der Waals surface area contributed by atoms with E-state index in [-0.39, 0.29) is 17.9 Å². The number of rotatable bonds is 39. The molecule has 0 aliphatic heterocycles. The minimum Gasteiger partial charge on any atom is -0.466 e. The summed E-state index contributed by atoms with van der Waals surface area (Å²) < 4.78 is 11.2. The molecule has 0 aliphatic rings. The Balaban J connectivity index is 3.64. The maximum Gasteiger partial charge on any atom is 0.308 e. The molecule has 0 atom stereocenters. The first-order chi connectivity index (χ1) is 23.2. The molecule has 0 spiro atoms. The summed E-state index contributed by atoms with van der Waals surface area (Å²) in [7, 11) is 0. The summed E-state index contributed by atoms with van der Waals surface area (Å²) in [6.07, 6.45) is 38.4. The molecule has 0 amide bonds. The molecule has 0 radical (unpaired) electrons. The summed E-state index contributed by atoms with van der Waals surface area (Å²) in [4.78, 5) is 24.8. The number of nitrogens with one attached hydrogen (secondary N) is 1. The fourth-order valence-electron chi connectivity index (χ4n) is 6.39. The average molecular weight is 666 g/mol. The van der Waals surface area contributed by atoms with Crippen molar-refractivity contribution in [3.63, 3.8) is 0 Å². The van der Waals surface area contributed by atoms with Gasteiger partial charge in [0.1, 0.15) is 0 Å². The molecular weight excluding hydrogens is 582 g/mol. The van der Waals surface area contributed by atoms with Crippen molar-refractivity contribution in [2.24, 2.45) is 5.92 Å². The Kier molecular flexibility index (Phi) is 38.4. The molecule has 0 aromatic rings. The number of carbonyl (C=O) groups is 2. The van der Waals surface area contributed by atoms with Gasteiger partial charge >= 0.3 is 11.9 Å². The Bertz CT molecular complexity index is 624. The molecule has 0 saturated heterocycles. The Hall–Kier alpha value is -1.10. The summed E-state index contributed by atoms with van der Waals surface area (Å²) in [5, 5.41) is 3.56. The third kappa shape index (κ3) is 36.0. The lowest BCUT2D eigenvalue weighted by molar-refractivity contribution is -0.149. The van der Waals surface area contributed by atoms with Crippen LogP contribution in [0, 0.1) is 5.92 Å². The van der Waals surface area contributed by atoms with E-state index in [1.165, 1.54) is 141 Å². The van der Waals surface area contributed by atoms with Crippen LogP contribution in [0.15, 0.2) is 0 Å². The highest BCUT2D eigenvalue weighted by atomic mass is 16.5. The van der Waals surface area contributed by atoms with Crippen LogP contribution in [0.3, 0.4) is 0 Å². The second kappa shape index (κ2) is 39.3. The zero-order chi connectivity index (χ0) is 34.3. The number of esters is 2. The summed E-state index contributed by atoms with van der Waals surface area (Å²) in [6, 6.07) is 0. The minimum atomic E-state index is -0.0135. The number of hydrogen-bond acceptors (Lipinski definition) is 5. The quantitative estimate of drug-likeness (QED) is 0.0523. The van der Waals surface area contributed by atoms with Gasteiger partial charge in [-0.05, 0) is 64.5 Å². The van der Waals surface area contributed by atoms with E-state index >= 15 is 0 Å². The average Bonchev–Trinajstić information content (AvgIpc) is 3.07. The Morgan fingerprint density at radius 2 is 0.787 bits per heavy atom. The summed E-state index contributed by atoms with van der Waals surface area (Å²) in [5.41, 5.74) is 0. The Labute approximate surface area is 294 Å². The van der Waals surface area contributed by atoms with E-state index in [9.17, 15) is 9.59 Å². The first-order valence-corrected chi connectivity index (χ1v) is 21.2. The van der Waals surface area contributed by atoms with Gasteiger partial charge in [-0.2, -0.15) is 0 Å². The lowest BCUT2D eigenvalue weighted by Gasteiger charge is -2.16. The van der Waals surface area contributed by atoms with Gasteiger partial charge in [0.05, 0.1) is 19.1 Å². The smallest absolute Gasteiger partial charge is 0.308 e. The molecule has 0 aromatic heterocycles. The standard InChI is InChI=1S/C42H83NO4/c1-4-7-10-13-16-17-18-22-28-35-41(44)46-38-32-25-30-37-43-36-29-23-19-24-31-39-47-42(45)40(33-26-20-14-11-8-5-2)34-27-21-15-12-9-6-3/h40,43H,4-39H2,1-3H3. The third-order valence-corrected chi connectivity index (χ3v) is 9.63. The highest BCUT2D eigenvalue weighted by molar-refractivity contribution is 5.72. The predicted molar refractivity (Wildman–Crippen MR) is 203 cm³/mol.